The molecule has 0 aliphatic rings. The lowest BCUT2D eigenvalue weighted by molar-refractivity contribution is -0.385. The number of hydrogen-bond acceptors (Lipinski definition) is 8. The first-order valence-electron chi connectivity index (χ1n) is 6.89. The van der Waals surface area contributed by atoms with Gasteiger partial charge in [-0.05, 0) is 11.4 Å². The van der Waals surface area contributed by atoms with E-state index in [0.29, 0.717) is 4.57 Å². The van der Waals surface area contributed by atoms with Gasteiger partial charge in [-0.25, -0.2) is 4.79 Å². The molecule has 0 unspecified atom stereocenters. The Bertz CT molecular complexity index is 962. The number of hydrogen-bond donors (Lipinski definition) is 2. The molecular formula is C14H12N4O7S. The maximum absolute atomic E-state index is 12.2. The molecule has 0 fully saturated rings. The second-order valence-electron chi connectivity index (χ2n) is 4.87. The summed E-state index contributed by atoms with van der Waals surface area (Å²) in [6, 6.07) is 2.20. The number of esters is 1. The van der Waals surface area contributed by atoms with Crippen LogP contribution in [-0.2, 0) is 16.1 Å². The molecule has 2 aromatic rings. The zero-order chi connectivity index (χ0) is 19.4. The fraction of sp³-hybridized carbons (Fsp3) is 0.143. The van der Waals surface area contributed by atoms with Crippen LogP contribution in [0.1, 0.15) is 20.0 Å². The summed E-state index contributed by atoms with van der Waals surface area (Å²) in [5, 5.41) is 14.9. The topological polar surface area (TPSA) is 164 Å². The molecule has 26 heavy (non-hydrogen) atoms. The number of methoxy groups -OCH3 is 1. The van der Waals surface area contributed by atoms with Gasteiger partial charge >= 0.3 is 5.97 Å². The number of nitrogens with two attached hydrogens (primary N) is 1. The van der Waals surface area contributed by atoms with Gasteiger partial charge in [0.2, 0.25) is 5.91 Å². The lowest BCUT2D eigenvalue weighted by atomic mass is 10.2. The van der Waals surface area contributed by atoms with E-state index < -0.39 is 46.1 Å². The van der Waals surface area contributed by atoms with Crippen molar-refractivity contribution in [2.75, 3.05) is 12.4 Å². The van der Waals surface area contributed by atoms with Crippen molar-refractivity contribution in [1.29, 1.82) is 0 Å². The van der Waals surface area contributed by atoms with Crippen molar-refractivity contribution in [3.63, 3.8) is 0 Å². The van der Waals surface area contributed by atoms with Gasteiger partial charge in [0.1, 0.15) is 17.0 Å². The van der Waals surface area contributed by atoms with E-state index >= 15 is 0 Å². The Kier molecular flexibility index (Phi) is 5.47. The number of nitrogens with one attached hydrogen (secondary N) is 1. The van der Waals surface area contributed by atoms with Gasteiger partial charge < -0.3 is 15.8 Å². The highest BCUT2D eigenvalue weighted by atomic mass is 32.1. The zero-order valence-corrected chi connectivity index (χ0v) is 14.1. The molecule has 0 saturated heterocycles. The molecule has 0 aliphatic carbocycles. The number of anilines is 1. The van der Waals surface area contributed by atoms with Gasteiger partial charge in [0, 0.05) is 6.07 Å². The Morgan fingerprint density at radius 1 is 1.42 bits per heavy atom. The smallest absolute Gasteiger partial charge is 0.350 e. The van der Waals surface area contributed by atoms with Crippen LogP contribution in [0.3, 0.4) is 0 Å². The van der Waals surface area contributed by atoms with Crippen molar-refractivity contribution in [2.24, 2.45) is 5.73 Å². The van der Waals surface area contributed by atoms with Crippen LogP contribution in [0.5, 0.6) is 0 Å². The molecule has 0 aromatic carbocycles. The predicted molar refractivity (Wildman–Crippen MR) is 90.2 cm³/mol. The summed E-state index contributed by atoms with van der Waals surface area (Å²) in [6.07, 6.45) is 0.823. The summed E-state index contributed by atoms with van der Waals surface area (Å²) in [5.41, 5.74) is 3.07. The van der Waals surface area contributed by atoms with Crippen molar-refractivity contribution in [2.45, 2.75) is 6.54 Å². The van der Waals surface area contributed by atoms with Crippen LogP contribution in [0.15, 0.2) is 28.5 Å². The molecule has 12 heteroatoms. The van der Waals surface area contributed by atoms with E-state index in [2.05, 4.69) is 10.1 Å². The number of ether oxygens (including phenoxy) is 1. The minimum Gasteiger partial charge on any atom is -0.465 e. The first-order chi connectivity index (χ1) is 12.2. The van der Waals surface area contributed by atoms with E-state index in [1.54, 1.807) is 5.38 Å². The minimum absolute atomic E-state index is 0.144. The summed E-state index contributed by atoms with van der Waals surface area (Å²) < 4.78 is 5.27. The maximum atomic E-state index is 12.2. The molecule has 0 aliphatic heterocycles. The van der Waals surface area contributed by atoms with Gasteiger partial charge in [0.05, 0.1) is 23.9 Å². The number of primary amides is 1. The molecule has 0 atom stereocenters. The Morgan fingerprint density at radius 3 is 2.69 bits per heavy atom. The molecule has 0 saturated carbocycles. The average molecular weight is 380 g/mol. The quantitative estimate of drug-likeness (QED) is 0.414. The third kappa shape index (κ3) is 3.92. The summed E-state index contributed by atoms with van der Waals surface area (Å²) in [6.45, 7) is -0.628. The van der Waals surface area contributed by atoms with Gasteiger partial charge in [-0.15, -0.1) is 11.3 Å². The van der Waals surface area contributed by atoms with Crippen LogP contribution in [0.25, 0.3) is 0 Å². The van der Waals surface area contributed by atoms with Gasteiger partial charge in [0.15, 0.2) is 0 Å². The number of nitrogens with zero attached hydrogens (tertiary/aromatic N) is 2. The van der Waals surface area contributed by atoms with E-state index in [4.69, 9.17) is 5.73 Å². The minimum atomic E-state index is -1.15. The van der Waals surface area contributed by atoms with E-state index in [0.717, 1.165) is 23.6 Å². The molecule has 11 nitrogen and oxygen atoms in total. The molecule has 2 heterocycles. The fourth-order valence-corrected chi connectivity index (χ4v) is 2.78. The standard InChI is InChI=1S/C14H12N4O7S/c1-25-14(22)11-9(2-3-26-11)16-10(19)6-17-5-7(18(23)24)4-8(12(15)20)13(17)21/h2-5H,6H2,1H3,(H2,15,20)(H,16,19). The van der Waals surface area contributed by atoms with Crippen LogP contribution >= 0.6 is 11.3 Å². The zero-order valence-electron chi connectivity index (χ0n) is 13.3. The molecule has 136 valence electrons. The van der Waals surface area contributed by atoms with Gasteiger partial charge in [-0.2, -0.15) is 0 Å². The number of carbonyl (C=O) groups is 3. The number of amides is 2. The monoisotopic (exact) mass is 380 g/mol. The third-order valence-electron chi connectivity index (χ3n) is 3.17. The molecule has 0 bridgehead atoms. The van der Waals surface area contributed by atoms with Gasteiger partial charge in [-0.3, -0.25) is 29.1 Å². The number of carbonyl (C=O) groups excluding carboxylic acids is 3. The first kappa shape index (κ1) is 18.8. The number of thiophene rings is 1. The Labute approximate surface area is 149 Å². The molecule has 0 spiro atoms. The van der Waals surface area contributed by atoms with Gasteiger partial charge in [-0.1, -0.05) is 0 Å². The largest absolute Gasteiger partial charge is 0.465 e. The van der Waals surface area contributed by atoms with Crippen molar-refractivity contribution < 1.29 is 24.0 Å². The highest BCUT2D eigenvalue weighted by Crippen LogP contribution is 2.23. The molecule has 2 rings (SSSR count). The summed E-state index contributed by atoms with van der Waals surface area (Å²) >= 11 is 1.04. The molecule has 3 N–H and O–H groups in total. The lowest BCUT2D eigenvalue weighted by Crippen LogP contribution is -2.33. The summed E-state index contributed by atoms with van der Waals surface area (Å²) in [7, 11) is 1.18. The predicted octanol–water partition coefficient (Wildman–Crippen LogP) is 0.342. The Morgan fingerprint density at radius 2 is 2.12 bits per heavy atom. The van der Waals surface area contributed by atoms with Crippen LogP contribution in [0.4, 0.5) is 11.4 Å². The van der Waals surface area contributed by atoms with Crippen LogP contribution < -0.4 is 16.6 Å². The average Bonchev–Trinajstić information content (AvgIpc) is 3.03. The van der Waals surface area contributed by atoms with Crippen LogP contribution in [0, 0.1) is 10.1 Å². The van der Waals surface area contributed by atoms with Crippen LogP contribution in [-0.4, -0.2) is 34.4 Å². The fourth-order valence-electron chi connectivity index (χ4n) is 2.02. The summed E-state index contributed by atoms with van der Waals surface area (Å²) in [5.74, 6) is -2.55. The maximum Gasteiger partial charge on any atom is 0.350 e. The van der Waals surface area contributed by atoms with E-state index in [1.165, 1.54) is 13.2 Å². The number of aromatic nitrogens is 1. The van der Waals surface area contributed by atoms with E-state index in [1.807, 2.05) is 0 Å². The number of nitro groups is 1. The lowest BCUT2D eigenvalue weighted by Gasteiger charge is -2.08. The third-order valence-corrected chi connectivity index (χ3v) is 4.07. The Balaban J connectivity index is 2.31. The highest BCUT2D eigenvalue weighted by Gasteiger charge is 2.20. The number of rotatable bonds is 6. The molecule has 2 amide bonds. The second-order valence-corrected chi connectivity index (χ2v) is 5.79. The van der Waals surface area contributed by atoms with E-state index in [-0.39, 0.29) is 10.6 Å². The van der Waals surface area contributed by atoms with Crippen LogP contribution in [0.2, 0.25) is 0 Å². The second kappa shape index (κ2) is 7.57. The van der Waals surface area contributed by atoms with E-state index in [9.17, 15) is 29.3 Å². The Hall–Kier alpha value is -3.54. The molecular weight excluding hydrogens is 368 g/mol. The summed E-state index contributed by atoms with van der Waals surface area (Å²) in [4.78, 5) is 57.4. The van der Waals surface area contributed by atoms with Crippen molar-refractivity contribution in [3.8, 4) is 0 Å². The SMILES string of the molecule is COC(=O)c1sccc1NC(=O)Cn1cc([N+](=O)[O-])cc(C(N)=O)c1=O. The molecule has 2 aromatic heterocycles. The highest BCUT2D eigenvalue weighted by molar-refractivity contribution is 7.12. The van der Waals surface area contributed by atoms with Crippen molar-refractivity contribution in [1.82, 2.24) is 4.57 Å². The van der Waals surface area contributed by atoms with Crippen molar-refractivity contribution >= 4 is 40.5 Å². The molecule has 0 radical (unpaired) electrons. The normalized spacial score (nSPS) is 10.2. The first-order valence-corrected chi connectivity index (χ1v) is 7.77. The number of pyridine rings is 1. The van der Waals surface area contributed by atoms with Gasteiger partial charge in [0.25, 0.3) is 17.2 Å². The van der Waals surface area contributed by atoms with Crippen molar-refractivity contribution in [3.05, 3.63) is 54.6 Å².